The number of allylic oxidation sites excluding steroid dienone is 1. The highest BCUT2D eigenvalue weighted by atomic mass is 16.5. The number of nitrogens with zero attached hydrogens (tertiary/aromatic N) is 1. The fraction of sp³-hybridized carbons (Fsp3) is 0.250. The number of hydrogen-bond acceptors (Lipinski definition) is 6. The normalized spacial score (nSPS) is 12.2. The van der Waals surface area contributed by atoms with Gasteiger partial charge in [-0.15, -0.1) is 0 Å². The maximum atomic E-state index is 10.0. The Bertz CT molecular complexity index is 1140. The summed E-state index contributed by atoms with van der Waals surface area (Å²) in [6, 6.07) is 17.1. The van der Waals surface area contributed by atoms with E-state index in [0.717, 1.165) is 23.3 Å². The number of aliphatic hydroxyl groups is 1. The first-order valence-corrected chi connectivity index (χ1v) is 11.2. The Morgan fingerprint density at radius 2 is 1.88 bits per heavy atom. The minimum Gasteiger partial charge on any atom is -0.508 e. The van der Waals surface area contributed by atoms with E-state index >= 15 is 0 Å². The topological polar surface area (TPSA) is 72.8 Å². The van der Waals surface area contributed by atoms with Crippen molar-refractivity contribution in [2.24, 2.45) is 0 Å². The summed E-state index contributed by atoms with van der Waals surface area (Å²) in [6.45, 7) is 10.6. The number of nitrogens with one attached hydrogen (secondary N) is 1. The second kappa shape index (κ2) is 11.9. The van der Waals surface area contributed by atoms with Crippen LogP contribution in [0.1, 0.15) is 37.0 Å². The van der Waals surface area contributed by atoms with Gasteiger partial charge in [0.1, 0.15) is 34.9 Å². The Hall–Kier alpha value is -3.77. The van der Waals surface area contributed by atoms with Crippen LogP contribution in [0.25, 0.3) is 11.5 Å². The number of aromatic nitrogens is 1. The smallest absolute Gasteiger partial charge is 0.131 e. The summed E-state index contributed by atoms with van der Waals surface area (Å²) >= 11 is 0. The van der Waals surface area contributed by atoms with Crippen LogP contribution in [-0.2, 0) is 4.74 Å². The lowest BCUT2D eigenvalue weighted by Gasteiger charge is -2.17. The van der Waals surface area contributed by atoms with E-state index in [-0.39, 0.29) is 11.9 Å². The summed E-state index contributed by atoms with van der Waals surface area (Å²) in [6.07, 6.45) is 3.98. The standard InChI is InChI=1S/C28H32N2O4/c1-6-8-27(31)22-11-12-28(29-17-22)30-21(4)23-14-25(33-20(3)18-32-5)16-26(15-23)34-24-10-7-9-19(2)13-24/h7-17,20,31H,4,6,18H2,1-3,5H3,(H,29,30)/b27-8+. The van der Waals surface area contributed by atoms with Gasteiger partial charge in [0.2, 0.25) is 0 Å². The van der Waals surface area contributed by atoms with Gasteiger partial charge in [0.25, 0.3) is 0 Å². The maximum absolute atomic E-state index is 10.0. The Balaban J connectivity index is 1.84. The number of hydrogen-bond donors (Lipinski definition) is 2. The van der Waals surface area contributed by atoms with Crippen LogP contribution in [0.15, 0.2) is 73.4 Å². The SMILES string of the molecule is C=C(Nc1ccc(/C(O)=C\CC)cn1)c1cc(Oc2cccc(C)c2)cc(OC(C)COC)c1. The highest BCUT2D eigenvalue weighted by Crippen LogP contribution is 2.31. The minimum atomic E-state index is -0.133. The largest absolute Gasteiger partial charge is 0.508 e. The zero-order valence-corrected chi connectivity index (χ0v) is 20.2. The lowest BCUT2D eigenvalue weighted by Crippen LogP contribution is -2.18. The van der Waals surface area contributed by atoms with E-state index in [0.29, 0.717) is 35.2 Å². The predicted molar refractivity (Wildman–Crippen MR) is 137 cm³/mol. The van der Waals surface area contributed by atoms with Gasteiger partial charge in [0.05, 0.1) is 6.61 Å². The molecule has 6 nitrogen and oxygen atoms in total. The van der Waals surface area contributed by atoms with Crippen molar-refractivity contribution in [3.8, 4) is 17.2 Å². The van der Waals surface area contributed by atoms with Crippen LogP contribution >= 0.6 is 0 Å². The van der Waals surface area contributed by atoms with Crippen molar-refractivity contribution >= 4 is 17.3 Å². The molecule has 0 bridgehead atoms. The van der Waals surface area contributed by atoms with Crippen LogP contribution < -0.4 is 14.8 Å². The van der Waals surface area contributed by atoms with Crippen molar-refractivity contribution < 1.29 is 19.3 Å². The molecule has 0 saturated heterocycles. The molecule has 1 unspecified atom stereocenters. The fourth-order valence-corrected chi connectivity index (χ4v) is 3.35. The van der Waals surface area contributed by atoms with Crippen LogP contribution in [-0.4, -0.2) is 29.9 Å². The lowest BCUT2D eigenvalue weighted by atomic mass is 10.1. The number of aliphatic hydroxyl groups excluding tert-OH is 1. The summed E-state index contributed by atoms with van der Waals surface area (Å²) < 4.78 is 17.4. The van der Waals surface area contributed by atoms with Gasteiger partial charge in [-0.1, -0.05) is 25.6 Å². The van der Waals surface area contributed by atoms with Crippen LogP contribution in [0.2, 0.25) is 0 Å². The number of pyridine rings is 1. The van der Waals surface area contributed by atoms with Gasteiger partial charge in [-0.3, -0.25) is 0 Å². The molecular formula is C28H32N2O4. The number of benzene rings is 2. The summed E-state index contributed by atoms with van der Waals surface area (Å²) in [4.78, 5) is 4.39. The third-order valence-corrected chi connectivity index (χ3v) is 4.93. The molecule has 178 valence electrons. The van der Waals surface area contributed by atoms with E-state index in [1.54, 1.807) is 25.4 Å². The molecule has 0 aliphatic carbocycles. The predicted octanol–water partition coefficient (Wildman–Crippen LogP) is 6.99. The van der Waals surface area contributed by atoms with Gasteiger partial charge in [0, 0.05) is 36.2 Å². The zero-order chi connectivity index (χ0) is 24.5. The molecule has 1 aromatic heterocycles. The monoisotopic (exact) mass is 460 g/mol. The second-order valence-electron chi connectivity index (χ2n) is 8.03. The lowest BCUT2D eigenvalue weighted by molar-refractivity contribution is 0.0919. The third-order valence-electron chi connectivity index (χ3n) is 4.93. The van der Waals surface area contributed by atoms with Crippen LogP contribution in [0.3, 0.4) is 0 Å². The van der Waals surface area contributed by atoms with Gasteiger partial charge in [-0.25, -0.2) is 4.98 Å². The molecule has 0 amide bonds. The van der Waals surface area contributed by atoms with Crippen molar-refractivity contribution in [3.05, 3.63) is 90.1 Å². The van der Waals surface area contributed by atoms with Gasteiger partial charge >= 0.3 is 0 Å². The number of ether oxygens (including phenoxy) is 3. The van der Waals surface area contributed by atoms with Crippen LogP contribution in [0.5, 0.6) is 17.2 Å². The van der Waals surface area contributed by atoms with E-state index in [2.05, 4.69) is 16.9 Å². The van der Waals surface area contributed by atoms with Crippen molar-refractivity contribution in [3.63, 3.8) is 0 Å². The quantitative estimate of drug-likeness (QED) is 0.301. The van der Waals surface area contributed by atoms with Gasteiger partial charge in [0.15, 0.2) is 0 Å². The minimum absolute atomic E-state index is 0.133. The number of methoxy groups -OCH3 is 1. The molecule has 3 rings (SSSR count). The van der Waals surface area contributed by atoms with Crippen molar-refractivity contribution in [1.82, 2.24) is 4.98 Å². The second-order valence-corrected chi connectivity index (χ2v) is 8.03. The van der Waals surface area contributed by atoms with Crippen molar-refractivity contribution in [2.45, 2.75) is 33.3 Å². The van der Waals surface area contributed by atoms with E-state index in [4.69, 9.17) is 14.2 Å². The molecule has 2 N–H and O–H groups in total. The Morgan fingerprint density at radius 1 is 1.09 bits per heavy atom. The van der Waals surface area contributed by atoms with E-state index in [1.807, 2.05) is 69.3 Å². The van der Waals surface area contributed by atoms with Gasteiger partial charge in [-0.05, 0) is 68.3 Å². The van der Waals surface area contributed by atoms with Crippen molar-refractivity contribution in [1.29, 1.82) is 0 Å². The summed E-state index contributed by atoms with van der Waals surface area (Å²) in [5.74, 6) is 2.84. The molecular weight excluding hydrogens is 428 g/mol. The van der Waals surface area contributed by atoms with E-state index in [1.165, 1.54) is 0 Å². The molecule has 2 aromatic carbocycles. The molecule has 3 aromatic rings. The third kappa shape index (κ3) is 7.12. The average Bonchev–Trinajstić information content (AvgIpc) is 2.79. The van der Waals surface area contributed by atoms with Gasteiger partial charge in [-0.2, -0.15) is 0 Å². The molecule has 0 spiro atoms. The molecule has 0 aliphatic heterocycles. The fourth-order valence-electron chi connectivity index (χ4n) is 3.35. The molecule has 1 heterocycles. The molecule has 1 atom stereocenters. The summed E-state index contributed by atoms with van der Waals surface area (Å²) in [5.41, 5.74) is 3.20. The molecule has 0 radical (unpaired) electrons. The Morgan fingerprint density at radius 3 is 2.56 bits per heavy atom. The highest BCUT2D eigenvalue weighted by molar-refractivity contribution is 5.75. The van der Waals surface area contributed by atoms with Crippen LogP contribution in [0.4, 0.5) is 5.82 Å². The number of aryl methyl sites for hydroxylation is 1. The maximum Gasteiger partial charge on any atom is 0.131 e. The first-order valence-electron chi connectivity index (χ1n) is 11.2. The molecule has 0 aliphatic rings. The summed E-state index contributed by atoms with van der Waals surface area (Å²) in [5, 5.41) is 13.2. The molecule has 0 saturated carbocycles. The molecule has 0 fully saturated rings. The Labute approximate surface area is 201 Å². The van der Waals surface area contributed by atoms with Crippen LogP contribution in [0, 0.1) is 6.92 Å². The molecule has 34 heavy (non-hydrogen) atoms. The Kier molecular flexibility index (Phi) is 8.71. The summed E-state index contributed by atoms with van der Waals surface area (Å²) in [7, 11) is 1.64. The average molecular weight is 461 g/mol. The number of rotatable bonds is 11. The van der Waals surface area contributed by atoms with E-state index < -0.39 is 0 Å². The zero-order valence-electron chi connectivity index (χ0n) is 20.2. The van der Waals surface area contributed by atoms with Gasteiger partial charge < -0.3 is 24.6 Å². The highest BCUT2D eigenvalue weighted by Gasteiger charge is 2.11. The first-order chi connectivity index (χ1) is 16.4. The van der Waals surface area contributed by atoms with E-state index in [9.17, 15) is 5.11 Å². The number of anilines is 1. The molecule has 6 heteroatoms. The van der Waals surface area contributed by atoms with Crippen molar-refractivity contribution in [2.75, 3.05) is 19.0 Å². The first kappa shape index (κ1) is 24.9.